The van der Waals surface area contributed by atoms with Gasteiger partial charge in [-0.3, -0.25) is 4.79 Å². The number of carbonyl (C=O) groups is 1. The molecule has 0 aromatic heterocycles. The van der Waals surface area contributed by atoms with Crippen molar-refractivity contribution < 1.29 is 14.3 Å². The molecule has 0 aliphatic carbocycles. The molecule has 2 rings (SSSR count). The highest BCUT2D eigenvalue weighted by molar-refractivity contribution is 5.99. The number of hydrogen-bond acceptors (Lipinski definition) is 3. The molecule has 1 amide bonds. The number of ether oxygens (including phenoxy) is 2. The molecule has 1 aromatic carbocycles. The van der Waals surface area contributed by atoms with Crippen molar-refractivity contribution >= 4 is 5.91 Å². The molecule has 0 spiro atoms. The van der Waals surface area contributed by atoms with Crippen molar-refractivity contribution in [2.45, 2.75) is 26.3 Å². The Bertz CT molecular complexity index is 468. The van der Waals surface area contributed by atoms with E-state index in [1.807, 2.05) is 6.07 Å². The van der Waals surface area contributed by atoms with Crippen molar-refractivity contribution in [2.24, 2.45) is 5.92 Å². The van der Waals surface area contributed by atoms with Gasteiger partial charge in [-0.05, 0) is 30.0 Å². The Morgan fingerprint density at radius 2 is 1.83 bits per heavy atom. The van der Waals surface area contributed by atoms with Gasteiger partial charge in [-0.1, -0.05) is 13.8 Å². The lowest BCUT2D eigenvalue weighted by Crippen LogP contribution is -2.20. The maximum atomic E-state index is 11.9. The third-order valence-corrected chi connectivity index (χ3v) is 3.19. The molecule has 4 nitrogen and oxygen atoms in total. The van der Waals surface area contributed by atoms with Crippen LogP contribution < -0.4 is 14.8 Å². The van der Waals surface area contributed by atoms with E-state index in [2.05, 4.69) is 19.2 Å². The summed E-state index contributed by atoms with van der Waals surface area (Å²) >= 11 is 0. The minimum Gasteiger partial charge on any atom is -0.493 e. The van der Waals surface area contributed by atoms with Crippen molar-refractivity contribution in [3.63, 3.8) is 0 Å². The number of hydrogen-bond donors (Lipinski definition) is 1. The summed E-state index contributed by atoms with van der Waals surface area (Å²) < 4.78 is 10.5. The quantitative estimate of drug-likeness (QED) is 0.892. The zero-order chi connectivity index (χ0) is 13.3. The Morgan fingerprint density at radius 1 is 1.22 bits per heavy atom. The number of rotatable bonds is 4. The van der Waals surface area contributed by atoms with E-state index in [4.69, 9.17) is 9.47 Å². The van der Waals surface area contributed by atoms with Gasteiger partial charge in [0.1, 0.15) is 0 Å². The summed E-state index contributed by atoms with van der Waals surface area (Å²) in [5, 5.41) is 3.00. The second kappa shape index (κ2) is 4.88. The van der Waals surface area contributed by atoms with Gasteiger partial charge in [0.25, 0.3) is 5.91 Å². The molecule has 4 heteroatoms. The number of fused-ring (bicyclic) bond motifs is 1. The SMILES string of the molecule is COc1cc2c(cc1OC)C(CC(C)C)NC2=O. The summed E-state index contributed by atoms with van der Waals surface area (Å²) in [4.78, 5) is 11.9. The monoisotopic (exact) mass is 249 g/mol. The molecule has 18 heavy (non-hydrogen) atoms. The van der Waals surface area contributed by atoms with Gasteiger partial charge < -0.3 is 14.8 Å². The average Bonchev–Trinajstić information content (AvgIpc) is 2.63. The topological polar surface area (TPSA) is 47.6 Å². The van der Waals surface area contributed by atoms with E-state index in [1.54, 1.807) is 20.3 Å². The zero-order valence-corrected chi connectivity index (χ0v) is 11.2. The first-order chi connectivity index (χ1) is 8.56. The van der Waals surface area contributed by atoms with E-state index in [0.29, 0.717) is 23.0 Å². The van der Waals surface area contributed by atoms with Crippen molar-refractivity contribution in [1.29, 1.82) is 0 Å². The normalized spacial score (nSPS) is 17.6. The largest absolute Gasteiger partial charge is 0.493 e. The van der Waals surface area contributed by atoms with E-state index in [1.165, 1.54) is 0 Å². The molecule has 1 aliphatic heterocycles. The van der Waals surface area contributed by atoms with Crippen LogP contribution in [0.1, 0.15) is 42.2 Å². The number of methoxy groups -OCH3 is 2. The Hall–Kier alpha value is -1.71. The molecule has 1 heterocycles. The van der Waals surface area contributed by atoms with Crippen LogP contribution in [0.2, 0.25) is 0 Å². The summed E-state index contributed by atoms with van der Waals surface area (Å²) in [5.41, 5.74) is 1.70. The van der Waals surface area contributed by atoms with Gasteiger partial charge in [-0.2, -0.15) is 0 Å². The lowest BCUT2D eigenvalue weighted by molar-refractivity contribution is 0.0953. The summed E-state index contributed by atoms with van der Waals surface area (Å²) in [5.74, 6) is 1.75. The summed E-state index contributed by atoms with van der Waals surface area (Å²) in [6.45, 7) is 4.29. The molecule has 98 valence electrons. The van der Waals surface area contributed by atoms with E-state index in [0.717, 1.165) is 12.0 Å². The van der Waals surface area contributed by atoms with Gasteiger partial charge in [0.15, 0.2) is 11.5 Å². The van der Waals surface area contributed by atoms with Gasteiger partial charge in [-0.15, -0.1) is 0 Å². The molecular formula is C14H19NO3. The van der Waals surface area contributed by atoms with Crippen molar-refractivity contribution in [3.05, 3.63) is 23.3 Å². The standard InChI is InChI=1S/C14H19NO3/c1-8(2)5-11-9-6-12(17-3)13(18-4)7-10(9)14(16)15-11/h6-8,11H,5H2,1-4H3,(H,15,16). The molecule has 1 aliphatic rings. The van der Waals surface area contributed by atoms with Gasteiger partial charge >= 0.3 is 0 Å². The van der Waals surface area contributed by atoms with E-state index >= 15 is 0 Å². The first-order valence-corrected chi connectivity index (χ1v) is 6.13. The maximum Gasteiger partial charge on any atom is 0.252 e. The minimum atomic E-state index is -0.0309. The van der Waals surface area contributed by atoms with Crippen LogP contribution in [-0.2, 0) is 0 Å². The van der Waals surface area contributed by atoms with E-state index < -0.39 is 0 Å². The molecule has 0 radical (unpaired) electrons. The van der Waals surface area contributed by atoms with Crippen LogP contribution in [0.25, 0.3) is 0 Å². The molecule has 1 atom stereocenters. The van der Waals surface area contributed by atoms with Gasteiger partial charge in [0.2, 0.25) is 0 Å². The molecule has 0 saturated carbocycles. The first kappa shape index (κ1) is 12.7. The molecule has 0 saturated heterocycles. The fraction of sp³-hybridized carbons (Fsp3) is 0.500. The number of amides is 1. The molecule has 1 unspecified atom stereocenters. The molecule has 0 fully saturated rings. The Balaban J connectivity index is 2.43. The third kappa shape index (κ3) is 2.15. The number of carbonyl (C=O) groups excluding carboxylic acids is 1. The Labute approximate surface area is 107 Å². The predicted octanol–water partition coefficient (Wildman–Crippen LogP) is 2.53. The van der Waals surface area contributed by atoms with Crippen LogP contribution in [0.3, 0.4) is 0 Å². The highest BCUT2D eigenvalue weighted by atomic mass is 16.5. The van der Waals surface area contributed by atoms with Crippen LogP contribution in [0, 0.1) is 5.92 Å². The van der Waals surface area contributed by atoms with E-state index in [-0.39, 0.29) is 11.9 Å². The van der Waals surface area contributed by atoms with Crippen LogP contribution in [0.15, 0.2) is 12.1 Å². The van der Waals surface area contributed by atoms with Crippen LogP contribution >= 0.6 is 0 Å². The molecule has 0 bridgehead atoms. The second-order valence-electron chi connectivity index (χ2n) is 4.95. The fourth-order valence-corrected chi connectivity index (χ4v) is 2.35. The average molecular weight is 249 g/mol. The number of nitrogens with one attached hydrogen (secondary N) is 1. The third-order valence-electron chi connectivity index (χ3n) is 3.19. The highest BCUT2D eigenvalue weighted by Gasteiger charge is 2.30. The van der Waals surface area contributed by atoms with Crippen LogP contribution in [-0.4, -0.2) is 20.1 Å². The van der Waals surface area contributed by atoms with Crippen molar-refractivity contribution in [1.82, 2.24) is 5.32 Å². The Morgan fingerprint density at radius 3 is 2.39 bits per heavy atom. The molecule has 1 N–H and O–H groups in total. The second-order valence-corrected chi connectivity index (χ2v) is 4.95. The van der Waals surface area contributed by atoms with Gasteiger partial charge in [-0.25, -0.2) is 0 Å². The molecular weight excluding hydrogens is 230 g/mol. The predicted molar refractivity (Wildman–Crippen MR) is 69.2 cm³/mol. The van der Waals surface area contributed by atoms with E-state index in [9.17, 15) is 4.79 Å². The van der Waals surface area contributed by atoms with Crippen LogP contribution in [0.4, 0.5) is 0 Å². The minimum absolute atomic E-state index is 0.0309. The van der Waals surface area contributed by atoms with Crippen molar-refractivity contribution in [3.8, 4) is 11.5 Å². The van der Waals surface area contributed by atoms with Crippen molar-refractivity contribution in [2.75, 3.05) is 14.2 Å². The fourth-order valence-electron chi connectivity index (χ4n) is 2.35. The van der Waals surface area contributed by atoms with Gasteiger partial charge in [0, 0.05) is 5.56 Å². The van der Waals surface area contributed by atoms with Gasteiger partial charge in [0.05, 0.1) is 20.3 Å². The number of benzene rings is 1. The maximum absolute atomic E-state index is 11.9. The lowest BCUT2D eigenvalue weighted by atomic mass is 9.96. The lowest BCUT2D eigenvalue weighted by Gasteiger charge is -2.15. The summed E-state index contributed by atoms with van der Waals surface area (Å²) in [6.07, 6.45) is 0.925. The summed E-state index contributed by atoms with van der Waals surface area (Å²) in [7, 11) is 3.18. The molecule has 1 aromatic rings. The smallest absolute Gasteiger partial charge is 0.252 e. The zero-order valence-electron chi connectivity index (χ0n) is 11.2. The summed E-state index contributed by atoms with van der Waals surface area (Å²) in [6, 6.07) is 3.73. The first-order valence-electron chi connectivity index (χ1n) is 6.13. The Kier molecular flexibility index (Phi) is 3.45. The highest BCUT2D eigenvalue weighted by Crippen LogP contribution is 2.38. The van der Waals surface area contributed by atoms with Crippen LogP contribution in [0.5, 0.6) is 11.5 Å².